The van der Waals surface area contributed by atoms with Gasteiger partial charge >= 0.3 is 0 Å². The Morgan fingerprint density at radius 3 is 2.90 bits per heavy atom. The molecule has 3 nitrogen and oxygen atoms in total. The Hall–Kier alpha value is -0.120. The summed E-state index contributed by atoms with van der Waals surface area (Å²) in [6, 6.07) is 1.50. The van der Waals surface area contributed by atoms with Gasteiger partial charge in [0.1, 0.15) is 0 Å². The van der Waals surface area contributed by atoms with Crippen LogP contribution in [0.1, 0.15) is 58.3 Å². The summed E-state index contributed by atoms with van der Waals surface area (Å²) in [6.07, 6.45) is 11.5. The Labute approximate surface area is 124 Å². The third kappa shape index (κ3) is 3.37. The zero-order chi connectivity index (χ0) is 13.8. The first-order valence-electron chi connectivity index (χ1n) is 8.97. The number of nitrogens with one attached hydrogen (secondary N) is 1. The first kappa shape index (κ1) is 14.8. The molecule has 1 saturated heterocycles. The van der Waals surface area contributed by atoms with Gasteiger partial charge in [-0.05, 0) is 51.0 Å². The Kier molecular flexibility index (Phi) is 5.36. The Morgan fingerprint density at radius 2 is 2.00 bits per heavy atom. The van der Waals surface area contributed by atoms with Gasteiger partial charge in [-0.15, -0.1) is 0 Å². The maximum absolute atomic E-state index is 5.96. The van der Waals surface area contributed by atoms with Gasteiger partial charge in [-0.25, -0.2) is 0 Å². The van der Waals surface area contributed by atoms with Gasteiger partial charge in [0.15, 0.2) is 0 Å². The van der Waals surface area contributed by atoms with Crippen molar-refractivity contribution in [1.29, 1.82) is 0 Å². The number of nitrogens with zero attached hydrogens (tertiary/aromatic N) is 1. The van der Waals surface area contributed by atoms with Crippen LogP contribution in [0.2, 0.25) is 0 Å². The molecule has 3 rings (SSSR count). The quantitative estimate of drug-likeness (QED) is 0.838. The maximum Gasteiger partial charge on any atom is 0.0730 e. The zero-order valence-corrected chi connectivity index (χ0v) is 13.2. The van der Waals surface area contributed by atoms with Crippen LogP contribution in [0.15, 0.2) is 0 Å². The van der Waals surface area contributed by atoms with Crippen LogP contribution in [0.4, 0.5) is 0 Å². The highest BCUT2D eigenvalue weighted by atomic mass is 16.5. The predicted octanol–water partition coefficient (Wildman–Crippen LogP) is 2.80. The molecule has 1 N–H and O–H groups in total. The Morgan fingerprint density at radius 1 is 1.10 bits per heavy atom. The SMILES string of the molecule is CCCNC1CCCCC1CN1CCOC2CCCC21. The summed E-state index contributed by atoms with van der Waals surface area (Å²) in [5, 5.41) is 3.81. The fourth-order valence-electron chi connectivity index (χ4n) is 4.56. The number of fused-ring (bicyclic) bond motifs is 1. The summed E-state index contributed by atoms with van der Waals surface area (Å²) in [4.78, 5) is 2.78. The molecule has 3 heteroatoms. The van der Waals surface area contributed by atoms with Crippen molar-refractivity contribution in [2.24, 2.45) is 5.92 Å². The minimum atomic E-state index is 0.550. The van der Waals surface area contributed by atoms with Gasteiger partial charge in [-0.3, -0.25) is 4.90 Å². The molecule has 4 unspecified atom stereocenters. The molecule has 2 aliphatic carbocycles. The van der Waals surface area contributed by atoms with Gasteiger partial charge in [0.2, 0.25) is 0 Å². The van der Waals surface area contributed by atoms with Crippen molar-refractivity contribution < 1.29 is 4.74 Å². The topological polar surface area (TPSA) is 24.5 Å². The van der Waals surface area contributed by atoms with Crippen LogP contribution in [0, 0.1) is 5.92 Å². The van der Waals surface area contributed by atoms with Crippen molar-refractivity contribution in [2.75, 3.05) is 26.2 Å². The van der Waals surface area contributed by atoms with E-state index in [1.807, 2.05) is 0 Å². The van der Waals surface area contributed by atoms with Crippen LogP contribution in [-0.4, -0.2) is 49.3 Å². The zero-order valence-electron chi connectivity index (χ0n) is 13.2. The van der Waals surface area contributed by atoms with Crippen molar-refractivity contribution in [2.45, 2.75) is 76.5 Å². The Bertz CT molecular complexity index is 297. The summed E-state index contributed by atoms with van der Waals surface area (Å²) in [5.74, 6) is 0.870. The minimum Gasteiger partial charge on any atom is -0.375 e. The van der Waals surface area contributed by atoms with Crippen molar-refractivity contribution in [3.63, 3.8) is 0 Å². The second-order valence-corrected chi connectivity index (χ2v) is 7.01. The van der Waals surface area contributed by atoms with E-state index in [-0.39, 0.29) is 0 Å². The van der Waals surface area contributed by atoms with Crippen LogP contribution in [0.3, 0.4) is 0 Å². The fraction of sp³-hybridized carbons (Fsp3) is 1.00. The summed E-state index contributed by atoms with van der Waals surface area (Å²) >= 11 is 0. The van der Waals surface area contributed by atoms with E-state index in [2.05, 4.69) is 17.1 Å². The molecular weight excluding hydrogens is 248 g/mol. The van der Waals surface area contributed by atoms with E-state index in [4.69, 9.17) is 4.74 Å². The van der Waals surface area contributed by atoms with Crippen molar-refractivity contribution in [1.82, 2.24) is 10.2 Å². The molecule has 0 aromatic rings. The molecule has 2 saturated carbocycles. The van der Waals surface area contributed by atoms with Crippen LogP contribution >= 0.6 is 0 Å². The Balaban J connectivity index is 1.56. The van der Waals surface area contributed by atoms with E-state index in [1.54, 1.807) is 0 Å². The normalized spacial score (nSPS) is 38.9. The lowest BCUT2D eigenvalue weighted by Gasteiger charge is -2.42. The molecule has 0 bridgehead atoms. The lowest BCUT2D eigenvalue weighted by molar-refractivity contribution is -0.0631. The molecule has 0 amide bonds. The third-order valence-electron chi connectivity index (χ3n) is 5.63. The monoisotopic (exact) mass is 280 g/mol. The molecule has 1 aliphatic heterocycles. The average Bonchev–Trinajstić information content (AvgIpc) is 2.96. The van der Waals surface area contributed by atoms with Crippen LogP contribution in [0.25, 0.3) is 0 Å². The lowest BCUT2D eigenvalue weighted by atomic mass is 9.83. The fourth-order valence-corrected chi connectivity index (χ4v) is 4.56. The van der Waals surface area contributed by atoms with E-state index >= 15 is 0 Å². The standard InChI is InChI=1S/C17H32N2O/c1-2-10-18-15-7-4-3-6-14(15)13-19-11-12-20-17-9-5-8-16(17)19/h14-18H,2-13H2,1H3. The molecule has 0 radical (unpaired) electrons. The number of hydrogen-bond acceptors (Lipinski definition) is 3. The van der Waals surface area contributed by atoms with Crippen LogP contribution in [-0.2, 0) is 4.74 Å². The second-order valence-electron chi connectivity index (χ2n) is 7.01. The van der Waals surface area contributed by atoms with Gasteiger partial charge in [0.05, 0.1) is 12.7 Å². The van der Waals surface area contributed by atoms with E-state index in [0.717, 1.165) is 31.2 Å². The predicted molar refractivity (Wildman–Crippen MR) is 83.0 cm³/mol. The molecule has 4 atom stereocenters. The van der Waals surface area contributed by atoms with Gasteiger partial charge in [0, 0.05) is 25.2 Å². The summed E-state index contributed by atoms with van der Waals surface area (Å²) in [6.45, 7) is 6.90. The first-order valence-corrected chi connectivity index (χ1v) is 8.97. The second kappa shape index (κ2) is 7.24. The maximum atomic E-state index is 5.96. The highest BCUT2D eigenvalue weighted by Crippen LogP contribution is 2.32. The summed E-state index contributed by atoms with van der Waals surface area (Å²) in [7, 11) is 0. The van der Waals surface area contributed by atoms with Crippen molar-refractivity contribution in [3.8, 4) is 0 Å². The highest BCUT2D eigenvalue weighted by Gasteiger charge is 2.38. The molecule has 3 aliphatic rings. The first-order chi connectivity index (χ1) is 9.88. The lowest BCUT2D eigenvalue weighted by Crippen LogP contribution is -2.53. The highest BCUT2D eigenvalue weighted by molar-refractivity contribution is 4.92. The molecular formula is C17H32N2O. The average molecular weight is 280 g/mol. The number of morpholine rings is 1. The van der Waals surface area contributed by atoms with Crippen molar-refractivity contribution >= 4 is 0 Å². The van der Waals surface area contributed by atoms with Gasteiger partial charge < -0.3 is 10.1 Å². The molecule has 116 valence electrons. The van der Waals surface area contributed by atoms with E-state index in [9.17, 15) is 0 Å². The summed E-state index contributed by atoms with van der Waals surface area (Å²) in [5.41, 5.74) is 0. The molecule has 0 aromatic carbocycles. The van der Waals surface area contributed by atoms with Gasteiger partial charge in [-0.1, -0.05) is 19.8 Å². The minimum absolute atomic E-state index is 0.550. The van der Waals surface area contributed by atoms with E-state index in [1.165, 1.54) is 64.5 Å². The smallest absolute Gasteiger partial charge is 0.0730 e. The molecule has 0 aromatic heterocycles. The molecule has 0 spiro atoms. The van der Waals surface area contributed by atoms with Gasteiger partial charge in [0.25, 0.3) is 0 Å². The largest absolute Gasteiger partial charge is 0.375 e. The van der Waals surface area contributed by atoms with Crippen LogP contribution < -0.4 is 5.32 Å². The van der Waals surface area contributed by atoms with Crippen molar-refractivity contribution in [3.05, 3.63) is 0 Å². The number of hydrogen-bond donors (Lipinski definition) is 1. The molecule has 20 heavy (non-hydrogen) atoms. The van der Waals surface area contributed by atoms with Crippen LogP contribution in [0.5, 0.6) is 0 Å². The van der Waals surface area contributed by atoms with Gasteiger partial charge in [-0.2, -0.15) is 0 Å². The molecule has 1 heterocycles. The molecule has 3 fully saturated rings. The number of ether oxygens (including phenoxy) is 1. The summed E-state index contributed by atoms with van der Waals surface area (Å²) < 4.78 is 5.96. The van der Waals surface area contributed by atoms with E-state index in [0.29, 0.717) is 6.10 Å². The third-order valence-corrected chi connectivity index (χ3v) is 5.63. The number of rotatable bonds is 5. The van der Waals surface area contributed by atoms with E-state index < -0.39 is 0 Å².